The fourth-order valence-corrected chi connectivity index (χ4v) is 1.86. The molecule has 1 amide bonds. The number of anilines is 1. The molecule has 24 heavy (non-hydrogen) atoms. The summed E-state index contributed by atoms with van der Waals surface area (Å²) in [6, 6.07) is 3.51. The molecule has 0 aliphatic carbocycles. The third-order valence-corrected chi connectivity index (χ3v) is 3.11. The first kappa shape index (κ1) is 28.9. The number of carbonyl (C=O) groups is 1. The molecule has 0 saturated heterocycles. The van der Waals surface area contributed by atoms with E-state index < -0.39 is 5.91 Å². The number of hydrogen-bond acceptors (Lipinski definition) is 5. The van der Waals surface area contributed by atoms with E-state index in [0.717, 1.165) is 11.1 Å². The number of amides is 1. The van der Waals surface area contributed by atoms with Gasteiger partial charge in [0.05, 0.1) is 11.3 Å². The van der Waals surface area contributed by atoms with Crippen LogP contribution in [0.3, 0.4) is 0 Å². The molecule has 11 heteroatoms. The van der Waals surface area contributed by atoms with Crippen molar-refractivity contribution in [3.05, 3.63) is 51.5 Å². The van der Waals surface area contributed by atoms with Crippen LogP contribution in [-0.2, 0) is 0 Å². The van der Waals surface area contributed by atoms with E-state index >= 15 is 0 Å². The van der Waals surface area contributed by atoms with E-state index in [0.29, 0.717) is 16.4 Å². The molecule has 2 rings (SSSR count). The van der Waals surface area contributed by atoms with E-state index in [1.165, 1.54) is 6.20 Å². The molecule has 0 unspecified atom stereocenters. The van der Waals surface area contributed by atoms with Crippen molar-refractivity contribution in [3.8, 4) is 0 Å². The molecule has 0 atom stereocenters. The molecule has 6 nitrogen and oxygen atoms in total. The van der Waals surface area contributed by atoms with Gasteiger partial charge in [0, 0.05) is 40.6 Å². The molecule has 5 N–H and O–H groups in total. The third-order valence-electron chi connectivity index (χ3n) is 2.52. The summed E-state index contributed by atoms with van der Waals surface area (Å²) in [5.74, 6) is -0.541. The van der Waals surface area contributed by atoms with Crippen molar-refractivity contribution in [1.82, 2.24) is 9.97 Å². The maximum Gasteiger partial charge on any atom is 1.00 e. The third kappa shape index (κ3) is 9.53. The molecule has 0 aliphatic heterocycles. The summed E-state index contributed by atoms with van der Waals surface area (Å²) in [4.78, 5) is 18.2. The van der Waals surface area contributed by atoms with E-state index in [1.807, 2.05) is 13.0 Å². The van der Waals surface area contributed by atoms with E-state index in [4.69, 9.17) is 34.7 Å². The molecule has 0 fully saturated rings. The quantitative estimate of drug-likeness (QED) is 0.440. The molecule has 2 aromatic heterocycles. The maximum atomic E-state index is 10.7. The molecule has 0 aliphatic rings. The fraction of sp³-hybridized carbons (Fsp3) is 0.154. The summed E-state index contributed by atoms with van der Waals surface area (Å²) in [7, 11) is 0. The van der Waals surface area contributed by atoms with Gasteiger partial charge in [-0.25, -0.2) is 9.97 Å². The smallest absolute Gasteiger partial charge is 0.870 e. The van der Waals surface area contributed by atoms with Crippen molar-refractivity contribution >= 4 is 63.1 Å². The van der Waals surface area contributed by atoms with Crippen molar-refractivity contribution in [2.24, 2.45) is 5.73 Å². The molecule has 2 heterocycles. The normalized spacial score (nSPS) is 8.25. The number of hydrogen-bond donors (Lipinski definition) is 2. The number of rotatable bonds is 1. The van der Waals surface area contributed by atoms with Crippen LogP contribution in [0.15, 0.2) is 24.5 Å². The van der Waals surface area contributed by atoms with Crippen molar-refractivity contribution < 1.29 is 39.8 Å². The zero-order chi connectivity index (χ0) is 17.3. The topological polar surface area (TPSA) is 125 Å². The van der Waals surface area contributed by atoms with Crippen molar-refractivity contribution in [2.75, 3.05) is 5.73 Å². The zero-order valence-electron chi connectivity index (χ0n) is 13.2. The first-order valence-electron chi connectivity index (χ1n) is 5.76. The molecule has 0 aromatic carbocycles. The van der Waals surface area contributed by atoms with Crippen LogP contribution in [0.5, 0.6) is 0 Å². The van der Waals surface area contributed by atoms with E-state index in [-0.39, 0.29) is 40.2 Å². The summed E-state index contributed by atoms with van der Waals surface area (Å²) in [5.41, 5.74) is 13.1. The maximum absolute atomic E-state index is 10.7. The van der Waals surface area contributed by atoms with Crippen LogP contribution in [0.4, 0.5) is 5.69 Å². The Labute approximate surface area is 188 Å². The monoisotopic (exact) mass is 510 g/mol. The number of aryl methyl sites for hydroxylation is 2. The molecule has 2 aromatic rings. The number of carbonyl (C=O) groups excluding carboxylic acids is 1. The van der Waals surface area contributed by atoms with Gasteiger partial charge in [-0.15, -0.1) is 0 Å². The number of nitrogens with zero attached hydrogens (tertiary/aromatic N) is 2. The van der Waals surface area contributed by atoms with Gasteiger partial charge < -0.3 is 16.9 Å². The average molecular weight is 513 g/mol. The fourth-order valence-electron chi connectivity index (χ4n) is 1.36. The van der Waals surface area contributed by atoms with E-state index in [9.17, 15) is 4.79 Å². The Bertz CT molecular complexity index is 611. The van der Waals surface area contributed by atoms with Crippen molar-refractivity contribution in [3.63, 3.8) is 0 Å². The molecule has 0 radical (unpaired) electrons. The number of pyridine rings is 2. The minimum atomic E-state index is -0.541. The number of nitrogen functional groups attached to an aromatic ring is 1. The van der Waals surface area contributed by atoms with E-state index in [1.54, 1.807) is 19.2 Å². The molecular weight excluding hydrogens is 498 g/mol. The number of aromatic nitrogens is 2. The van der Waals surface area contributed by atoms with Gasteiger partial charge >= 0.3 is 29.6 Å². The summed E-state index contributed by atoms with van der Waals surface area (Å²) >= 11 is 16.7. The van der Waals surface area contributed by atoms with Crippen LogP contribution in [-0.4, -0.2) is 21.4 Å². The van der Waals surface area contributed by atoms with E-state index in [2.05, 4.69) is 38.2 Å². The predicted octanol–water partition coefficient (Wildman–Crippen LogP) is 1.29. The number of primary amides is 1. The Morgan fingerprint density at radius 3 is 1.75 bits per heavy atom. The van der Waals surface area contributed by atoms with Gasteiger partial charge in [0.25, 0.3) is 5.91 Å². The van der Waals surface area contributed by atoms with Crippen LogP contribution < -0.4 is 41.0 Å². The van der Waals surface area contributed by atoms with Crippen LogP contribution in [0.25, 0.3) is 0 Å². The average Bonchev–Trinajstić information content (AvgIpc) is 2.47. The first-order valence-corrected chi connectivity index (χ1v) is 10.2. The van der Waals surface area contributed by atoms with Crippen molar-refractivity contribution in [1.29, 1.82) is 0 Å². The predicted molar refractivity (Wildman–Crippen MR) is 101 cm³/mol. The second kappa shape index (κ2) is 15.3. The van der Waals surface area contributed by atoms with Crippen molar-refractivity contribution in [2.45, 2.75) is 13.8 Å². The molecular formula is C13H15Br2Cl2N4NaO2. The Morgan fingerprint density at radius 1 is 1.04 bits per heavy atom. The summed E-state index contributed by atoms with van der Waals surface area (Å²) in [6.07, 6.45) is 3.16. The van der Waals surface area contributed by atoms with Crippen LogP contribution in [0.2, 0.25) is 10.3 Å². The summed E-state index contributed by atoms with van der Waals surface area (Å²) in [6.45, 7) is 3.65. The second-order valence-corrected chi connectivity index (χ2v) is 4.71. The van der Waals surface area contributed by atoms with Gasteiger partial charge in [-0.2, -0.15) is 0 Å². The molecule has 0 saturated carbocycles. The Kier molecular flexibility index (Phi) is 18.4. The second-order valence-electron chi connectivity index (χ2n) is 3.99. The van der Waals surface area contributed by atoms with Crippen LogP contribution in [0, 0.1) is 13.8 Å². The van der Waals surface area contributed by atoms with Gasteiger partial charge in [-0.1, -0.05) is 23.2 Å². The molecule has 0 spiro atoms. The van der Waals surface area contributed by atoms with Crippen LogP contribution >= 0.6 is 51.5 Å². The van der Waals surface area contributed by atoms with Gasteiger partial charge in [0.15, 0.2) is 5.15 Å². The van der Waals surface area contributed by atoms with Crippen LogP contribution in [0.1, 0.15) is 21.5 Å². The van der Waals surface area contributed by atoms with Gasteiger partial charge in [-0.3, -0.25) is 4.79 Å². The SMILES string of the molecule is BrBr.Cc1ccnc(Cl)c1C(N)=O.Cc1ccnc(Cl)c1N.[Na+].[OH-]. The minimum absolute atomic E-state index is 0. The minimum Gasteiger partial charge on any atom is -0.870 e. The van der Waals surface area contributed by atoms with Gasteiger partial charge in [-0.05, 0) is 37.1 Å². The Morgan fingerprint density at radius 2 is 1.46 bits per heavy atom. The standard InChI is InChI=1S/C7H7ClN2O.C6H7ClN2.Br2.Na.H2O/c1-4-2-3-10-6(8)5(4)7(9)11;1-4-2-3-9-6(7)5(4)8;1-2;;/h2-3H,1H3,(H2,9,11);2-3H,8H2,1H3;;;1H2/q;;;+1;/p-1. The van der Waals surface area contributed by atoms with Gasteiger partial charge in [0.2, 0.25) is 0 Å². The molecule has 0 bridgehead atoms. The number of nitrogens with two attached hydrogens (primary N) is 2. The Hall–Kier alpha value is 0.0700. The molecule has 128 valence electrons. The number of halogens is 4. The largest absolute Gasteiger partial charge is 1.00 e. The van der Waals surface area contributed by atoms with Gasteiger partial charge in [0.1, 0.15) is 5.15 Å². The zero-order valence-corrected chi connectivity index (χ0v) is 19.9. The summed E-state index contributed by atoms with van der Waals surface area (Å²) < 4.78 is 0. The first-order chi connectivity index (χ1) is 10.3. The summed E-state index contributed by atoms with van der Waals surface area (Å²) in [5, 5.41) is 0.549. The Balaban J connectivity index is -0.000000313.